The fourth-order valence-electron chi connectivity index (χ4n) is 2.66. The van der Waals surface area contributed by atoms with Gasteiger partial charge in [0.1, 0.15) is 6.54 Å². The van der Waals surface area contributed by atoms with E-state index < -0.39 is 0 Å². The van der Waals surface area contributed by atoms with Gasteiger partial charge in [0, 0.05) is 39.4 Å². The number of rotatable bonds is 7. The zero-order chi connectivity index (χ0) is 16.5. The molecule has 2 heterocycles. The number of hydrogen-bond donors (Lipinski definition) is 2. The van der Waals surface area contributed by atoms with Gasteiger partial charge in [-0.1, -0.05) is 0 Å². The summed E-state index contributed by atoms with van der Waals surface area (Å²) in [6.07, 6.45) is 8.13. The van der Waals surface area contributed by atoms with E-state index in [1.54, 1.807) is 0 Å². The molecule has 1 aromatic rings. The third-order valence-electron chi connectivity index (χ3n) is 3.87. The maximum absolute atomic E-state index is 12.0. The second-order valence-electron chi connectivity index (χ2n) is 5.84. The first-order valence-electron chi connectivity index (χ1n) is 8.46. The predicted octanol–water partition coefficient (Wildman–Crippen LogP) is 0.530. The fraction of sp³-hybridized carbons (Fsp3) is 0.688. The molecular weight excluding hydrogens is 292 g/mol. The summed E-state index contributed by atoms with van der Waals surface area (Å²) in [5.74, 6) is 0.835. The lowest BCUT2D eigenvalue weighted by molar-refractivity contribution is -0.128. The SMILES string of the molecule is CCNC(=NCC(=O)N1CCCC1)NCCCc1cnn(C)c1. The number of nitrogens with one attached hydrogen (secondary N) is 2. The molecule has 0 saturated carbocycles. The molecule has 23 heavy (non-hydrogen) atoms. The van der Waals surface area contributed by atoms with Crippen LogP contribution in [0.4, 0.5) is 0 Å². The van der Waals surface area contributed by atoms with Gasteiger partial charge in [0.15, 0.2) is 5.96 Å². The number of aliphatic imine (C=N–C) groups is 1. The lowest BCUT2D eigenvalue weighted by atomic mass is 10.2. The summed E-state index contributed by atoms with van der Waals surface area (Å²) >= 11 is 0. The van der Waals surface area contributed by atoms with Gasteiger partial charge in [-0.15, -0.1) is 0 Å². The molecule has 128 valence electrons. The molecule has 1 aromatic heterocycles. The number of hydrogen-bond acceptors (Lipinski definition) is 3. The molecule has 1 aliphatic rings. The van der Waals surface area contributed by atoms with Crippen molar-refractivity contribution in [3.63, 3.8) is 0 Å². The normalized spacial score (nSPS) is 15.0. The van der Waals surface area contributed by atoms with Crippen LogP contribution in [0.5, 0.6) is 0 Å². The molecule has 7 nitrogen and oxygen atoms in total. The van der Waals surface area contributed by atoms with E-state index in [0.717, 1.165) is 51.9 Å². The molecule has 0 spiro atoms. The molecular formula is C16H28N6O. The molecule has 0 unspecified atom stereocenters. The van der Waals surface area contributed by atoms with Crippen LogP contribution in [0.3, 0.4) is 0 Å². The molecule has 1 fully saturated rings. The largest absolute Gasteiger partial charge is 0.357 e. The molecule has 2 rings (SSSR count). The molecule has 1 amide bonds. The number of guanidine groups is 1. The van der Waals surface area contributed by atoms with E-state index in [9.17, 15) is 4.79 Å². The van der Waals surface area contributed by atoms with E-state index >= 15 is 0 Å². The maximum Gasteiger partial charge on any atom is 0.244 e. The van der Waals surface area contributed by atoms with Crippen molar-refractivity contribution in [1.82, 2.24) is 25.3 Å². The van der Waals surface area contributed by atoms with E-state index in [1.807, 2.05) is 35.9 Å². The molecule has 2 N–H and O–H groups in total. The summed E-state index contributed by atoms with van der Waals surface area (Å²) in [6.45, 7) is 5.60. The Kier molecular flexibility index (Phi) is 6.90. The molecule has 1 aliphatic heterocycles. The Morgan fingerprint density at radius 2 is 2.13 bits per heavy atom. The first-order valence-corrected chi connectivity index (χ1v) is 8.46. The second-order valence-corrected chi connectivity index (χ2v) is 5.84. The summed E-state index contributed by atoms with van der Waals surface area (Å²) in [7, 11) is 1.93. The minimum Gasteiger partial charge on any atom is -0.357 e. The molecule has 0 aromatic carbocycles. The molecule has 0 atom stereocenters. The Balaban J connectivity index is 1.71. The number of carbonyl (C=O) groups excluding carboxylic acids is 1. The van der Waals surface area contributed by atoms with Gasteiger partial charge in [-0.2, -0.15) is 5.10 Å². The number of carbonyl (C=O) groups is 1. The van der Waals surface area contributed by atoms with E-state index in [4.69, 9.17) is 0 Å². The average Bonchev–Trinajstić information content (AvgIpc) is 3.20. The van der Waals surface area contributed by atoms with Crippen LogP contribution in [-0.2, 0) is 18.3 Å². The van der Waals surface area contributed by atoms with Crippen LogP contribution in [0.25, 0.3) is 0 Å². The van der Waals surface area contributed by atoms with Crippen molar-refractivity contribution in [3.05, 3.63) is 18.0 Å². The third kappa shape index (κ3) is 5.92. The molecule has 0 radical (unpaired) electrons. The number of aromatic nitrogens is 2. The van der Waals surface area contributed by atoms with Crippen LogP contribution in [-0.4, -0.2) is 59.3 Å². The Hall–Kier alpha value is -2.05. The Morgan fingerprint density at radius 1 is 1.35 bits per heavy atom. The standard InChI is InChI=1S/C16H28N6O/c1-3-17-16(19-12-15(23)22-9-4-5-10-22)18-8-6-7-14-11-20-21(2)13-14/h11,13H,3-10,12H2,1-2H3,(H2,17,18,19). The Bertz CT molecular complexity index is 518. The van der Waals surface area contributed by atoms with Gasteiger partial charge in [-0.25, -0.2) is 4.99 Å². The van der Waals surface area contributed by atoms with E-state index in [0.29, 0.717) is 5.96 Å². The minimum atomic E-state index is 0.120. The van der Waals surface area contributed by atoms with Gasteiger partial charge in [-0.3, -0.25) is 9.48 Å². The second kappa shape index (κ2) is 9.17. The van der Waals surface area contributed by atoms with E-state index in [2.05, 4.69) is 20.7 Å². The Labute approximate surface area is 138 Å². The Morgan fingerprint density at radius 3 is 2.78 bits per heavy atom. The van der Waals surface area contributed by atoms with E-state index in [-0.39, 0.29) is 12.5 Å². The zero-order valence-corrected chi connectivity index (χ0v) is 14.2. The topological polar surface area (TPSA) is 74.6 Å². The third-order valence-corrected chi connectivity index (χ3v) is 3.87. The van der Waals surface area contributed by atoms with E-state index in [1.165, 1.54) is 5.56 Å². The van der Waals surface area contributed by atoms with Crippen LogP contribution >= 0.6 is 0 Å². The van der Waals surface area contributed by atoms with Gasteiger partial charge >= 0.3 is 0 Å². The van der Waals surface area contributed by atoms with Gasteiger partial charge in [0.2, 0.25) is 5.91 Å². The number of nitrogens with zero attached hydrogens (tertiary/aromatic N) is 4. The van der Waals surface area contributed by atoms with Crippen molar-refractivity contribution < 1.29 is 4.79 Å². The van der Waals surface area contributed by atoms with Crippen molar-refractivity contribution in [2.24, 2.45) is 12.0 Å². The molecule has 7 heteroatoms. The quantitative estimate of drug-likeness (QED) is 0.437. The summed E-state index contributed by atoms with van der Waals surface area (Å²) in [4.78, 5) is 18.3. The predicted molar refractivity (Wildman–Crippen MR) is 91.3 cm³/mol. The molecule has 0 bridgehead atoms. The van der Waals surface area contributed by atoms with Crippen molar-refractivity contribution in [2.75, 3.05) is 32.7 Å². The van der Waals surface area contributed by atoms with Gasteiger partial charge in [0.05, 0.1) is 6.20 Å². The smallest absolute Gasteiger partial charge is 0.244 e. The highest BCUT2D eigenvalue weighted by molar-refractivity contribution is 5.85. The summed E-state index contributed by atoms with van der Waals surface area (Å²) in [6, 6.07) is 0. The summed E-state index contributed by atoms with van der Waals surface area (Å²) < 4.78 is 1.82. The number of aryl methyl sites for hydroxylation is 2. The summed E-state index contributed by atoms with van der Waals surface area (Å²) in [5, 5.41) is 10.6. The van der Waals surface area contributed by atoms with Crippen molar-refractivity contribution in [1.29, 1.82) is 0 Å². The highest BCUT2D eigenvalue weighted by Gasteiger charge is 2.17. The fourth-order valence-corrected chi connectivity index (χ4v) is 2.66. The van der Waals surface area contributed by atoms with Crippen molar-refractivity contribution in [3.8, 4) is 0 Å². The first kappa shape index (κ1) is 17.3. The number of likely N-dealkylation sites (tertiary alicyclic amines) is 1. The van der Waals surface area contributed by atoms with Crippen LogP contribution in [0, 0.1) is 0 Å². The average molecular weight is 320 g/mol. The van der Waals surface area contributed by atoms with Crippen LogP contribution < -0.4 is 10.6 Å². The highest BCUT2D eigenvalue weighted by Crippen LogP contribution is 2.07. The monoisotopic (exact) mass is 320 g/mol. The minimum absolute atomic E-state index is 0.120. The maximum atomic E-state index is 12.0. The highest BCUT2D eigenvalue weighted by atomic mass is 16.2. The zero-order valence-electron chi connectivity index (χ0n) is 14.2. The lowest BCUT2D eigenvalue weighted by Gasteiger charge is -2.15. The molecule has 0 aliphatic carbocycles. The van der Waals surface area contributed by atoms with Gasteiger partial charge in [0.25, 0.3) is 0 Å². The lowest BCUT2D eigenvalue weighted by Crippen LogP contribution is -2.39. The van der Waals surface area contributed by atoms with Crippen LogP contribution in [0.2, 0.25) is 0 Å². The van der Waals surface area contributed by atoms with Crippen LogP contribution in [0.15, 0.2) is 17.4 Å². The van der Waals surface area contributed by atoms with Crippen molar-refractivity contribution >= 4 is 11.9 Å². The molecule has 1 saturated heterocycles. The first-order chi connectivity index (χ1) is 11.2. The number of amides is 1. The van der Waals surface area contributed by atoms with Gasteiger partial charge in [-0.05, 0) is 38.2 Å². The van der Waals surface area contributed by atoms with Crippen LogP contribution in [0.1, 0.15) is 31.7 Å². The van der Waals surface area contributed by atoms with Gasteiger partial charge < -0.3 is 15.5 Å². The summed E-state index contributed by atoms with van der Waals surface area (Å²) in [5.41, 5.74) is 1.24. The van der Waals surface area contributed by atoms with Crippen molar-refractivity contribution in [2.45, 2.75) is 32.6 Å².